The van der Waals surface area contributed by atoms with Crippen molar-refractivity contribution in [2.45, 2.75) is 27.7 Å². The minimum absolute atomic E-state index is 0.187. The fourth-order valence-corrected chi connectivity index (χ4v) is 0.936. The largest absolute Gasteiger partial charge is 0.508 e. The van der Waals surface area contributed by atoms with Gasteiger partial charge >= 0.3 is 0 Å². The van der Waals surface area contributed by atoms with Crippen molar-refractivity contribution in [3.05, 3.63) is 28.8 Å². The van der Waals surface area contributed by atoms with Gasteiger partial charge < -0.3 is 5.11 Å². The molecule has 0 atom stereocenters. The van der Waals surface area contributed by atoms with E-state index < -0.39 is 0 Å². The van der Waals surface area contributed by atoms with Gasteiger partial charge in [-0.15, -0.1) is 0 Å². The first-order chi connectivity index (χ1) is 6.15. The van der Waals surface area contributed by atoms with Crippen molar-refractivity contribution in [1.29, 1.82) is 0 Å². The van der Waals surface area contributed by atoms with E-state index in [4.69, 9.17) is 0 Å². The van der Waals surface area contributed by atoms with E-state index >= 15 is 0 Å². The monoisotopic (exact) mass is 180 g/mol. The molecule has 0 radical (unpaired) electrons. The summed E-state index contributed by atoms with van der Waals surface area (Å²) in [5.74, 6) is 0.187. The van der Waals surface area contributed by atoms with Crippen LogP contribution in [0.15, 0.2) is 12.1 Å². The molecule has 2 nitrogen and oxygen atoms in total. The lowest BCUT2D eigenvalue weighted by molar-refractivity contribution is 0.112. The topological polar surface area (TPSA) is 37.3 Å². The SMILES string of the molecule is CC.Cc1cc(C=O)cc(O)c1C. The molecule has 0 fully saturated rings. The first-order valence-electron chi connectivity index (χ1n) is 4.40. The smallest absolute Gasteiger partial charge is 0.150 e. The zero-order chi connectivity index (χ0) is 10.4. The van der Waals surface area contributed by atoms with Crippen LogP contribution < -0.4 is 0 Å². The molecular formula is C11H16O2. The number of phenolic OH excluding ortho intramolecular Hbond substituents is 1. The van der Waals surface area contributed by atoms with Crippen molar-refractivity contribution in [3.8, 4) is 5.75 Å². The number of phenols is 1. The first kappa shape index (κ1) is 11.7. The molecule has 1 rings (SSSR count). The summed E-state index contributed by atoms with van der Waals surface area (Å²) in [5, 5.41) is 9.25. The second kappa shape index (κ2) is 5.36. The zero-order valence-electron chi connectivity index (χ0n) is 8.59. The Bertz CT molecular complexity index is 267. The summed E-state index contributed by atoms with van der Waals surface area (Å²) in [6.07, 6.45) is 0.728. The van der Waals surface area contributed by atoms with Gasteiger partial charge in [0.15, 0.2) is 0 Å². The maximum absolute atomic E-state index is 10.3. The third kappa shape index (κ3) is 2.90. The molecule has 1 N–H and O–H groups in total. The molecule has 1 aromatic rings. The molecule has 0 aromatic heterocycles. The Kier molecular flexibility index (Phi) is 4.82. The van der Waals surface area contributed by atoms with Crippen molar-refractivity contribution in [1.82, 2.24) is 0 Å². The highest BCUT2D eigenvalue weighted by atomic mass is 16.3. The fourth-order valence-electron chi connectivity index (χ4n) is 0.936. The predicted octanol–water partition coefficient (Wildman–Crippen LogP) is 2.85. The average molecular weight is 180 g/mol. The third-order valence-electron chi connectivity index (χ3n) is 1.80. The standard InChI is InChI=1S/C9H10O2.C2H6/c1-6-3-8(5-10)4-9(11)7(6)2;1-2/h3-5,11H,1-2H3;1-2H3. The highest BCUT2D eigenvalue weighted by molar-refractivity contribution is 5.76. The number of aryl methyl sites for hydroxylation is 1. The number of benzene rings is 1. The van der Waals surface area contributed by atoms with E-state index in [1.54, 1.807) is 6.07 Å². The van der Waals surface area contributed by atoms with Crippen LogP contribution >= 0.6 is 0 Å². The fraction of sp³-hybridized carbons (Fsp3) is 0.364. The number of hydrogen-bond donors (Lipinski definition) is 1. The molecule has 0 saturated heterocycles. The van der Waals surface area contributed by atoms with Crippen LogP contribution in [0.25, 0.3) is 0 Å². The maximum atomic E-state index is 10.3. The molecule has 1 aromatic carbocycles. The molecule has 0 aliphatic rings. The van der Waals surface area contributed by atoms with Crippen molar-refractivity contribution < 1.29 is 9.90 Å². The van der Waals surface area contributed by atoms with Gasteiger partial charge in [0.2, 0.25) is 0 Å². The van der Waals surface area contributed by atoms with E-state index in [0.29, 0.717) is 5.56 Å². The number of carbonyl (C=O) groups is 1. The van der Waals surface area contributed by atoms with Crippen LogP contribution in [-0.2, 0) is 0 Å². The molecule has 0 saturated carbocycles. The highest BCUT2D eigenvalue weighted by Gasteiger charge is 2.00. The molecule has 13 heavy (non-hydrogen) atoms. The molecule has 0 bridgehead atoms. The van der Waals surface area contributed by atoms with Gasteiger partial charge in [0.25, 0.3) is 0 Å². The van der Waals surface area contributed by atoms with E-state index in [9.17, 15) is 9.90 Å². The molecule has 72 valence electrons. The first-order valence-corrected chi connectivity index (χ1v) is 4.40. The Morgan fingerprint density at radius 1 is 1.23 bits per heavy atom. The lowest BCUT2D eigenvalue weighted by Gasteiger charge is -2.02. The van der Waals surface area contributed by atoms with Gasteiger partial charge in [-0.2, -0.15) is 0 Å². The molecule has 0 aliphatic heterocycles. The Morgan fingerprint density at radius 3 is 2.15 bits per heavy atom. The van der Waals surface area contributed by atoms with Gasteiger partial charge in [-0.3, -0.25) is 4.79 Å². The summed E-state index contributed by atoms with van der Waals surface area (Å²) in [4.78, 5) is 10.3. The number of aromatic hydroxyl groups is 1. The van der Waals surface area contributed by atoms with Crippen molar-refractivity contribution >= 4 is 6.29 Å². The maximum Gasteiger partial charge on any atom is 0.150 e. The number of aldehydes is 1. The van der Waals surface area contributed by atoms with Crippen LogP contribution in [0.5, 0.6) is 5.75 Å². The number of hydrogen-bond acceptors (Lipinski definition) is 2. The van der Waals surface area contributed by atoms with Crippen LogP contribution in [-0.4, -0.2) is 11.4 Å². The van der Waals surface area contributed by atoms with Crippen LogP contribution in [0.3, 0.4) is 0 Å². The summed E-state index contributed by atoms with van der Waals surface area (Å²) < 4.78 is 0. The van der Waals surface area contributed by atoms with Crippen LogP contribution in [0.4, 0.5) is 0 Å². The van der Waals surface area contributed by atoms with Crippen LogP contribution in [0.1, 0.15) is 35.3 Å². The lowest BCUT2D eigenvalue weighted by Crippen LogP contribution is -1.86. The zero-order valence-corrected chi connectivity index (χ0v) is 8.59. The van der Waals surface area contributed by atoms with E-state index in [1.165, 1.54) is 6.07 Å². The summed E-state index contributed by atoms with van der Waals surface area (Å²) in [6, 6.07) is 3.22. The normalized spacial score (nSPS) is 8.62. The lowest BCUT2D eigenvalue weighted by atomic mass is 10.1. The number of rotatable bonds is 1. The van der Waals surface area contributed by atoms with E-state index in [2.05, 4.69) is 0 Å². The van der Waals surface area contributed by atoms with Crippen molar-refractivity contribution in [3.63, 3.8) is 0 Å². The molecule has 0 amide bonds. The number of carbonyl (C=O) groups excluding carboxylic acids is 1. The Morgan fingerprint density at radius 2 is 1.77 bits per heavy atom. The Balaban J connectivity index is 0.000000671. The van der Waals surface area contributed by atoms with E-state index in [-0.39, 0.29) is 5.75 Å². The minimum atomic E-state index is 0.187. The second-order valence-electron chi connectivity index (χ2n) is 2.60. The second-order valence-corrected chi connectivity index (χ2v) is 2.60. The van der Waals surface area contributed by atoms with Crippen LogP contribution in [0, 0.1) is 13.8 Å². The Hall–Kier alpha value is -1.31. The van der Waals surface area contributed by atoms with E-state index in [1.807, 2.05) is 27.7 Å². The van der Waals surface area contributed by atoms with Gasteiger partial charge in [0.1, 0.15) is 12.0 Å². The summed E-state index contributed by atoms with van der Waals surface area (Å²) in [7, 11) is 0. The predicted molar refractivity (Wildman–Crippen MR) is 54.3 cm³/mol. The Labute approximate surface area is 79.2 Å². The molecular weight excluding hydrogens is 164 g/mol. The van der Waals surface area contributed by atoms with E-state index in [0.717, 1.165) is 17.4 Å². The van der Waals surface area contributed by atoms with Crippen molar-refractivity contribution in [2.75, 3.05) is 0 Å². The molecule has 0 spiro atoms. The van der Waals surface area contributed by atoms with Gasteiger partial charge in [-0.25, -0.2) is 0 Å². The average Bonchev–Trinajstić information content (AvgIpc) is 2.16. The molecule has 0 heterocycles. The quantitative estimate of drug-likeness (QED) is 0.675. The minimum Gasteiger partial charge on any atom is -0.508 e. The summed E-state index contributed by atoms with van der Waals surface area (Å²) >= 11 is 0. The highest BCUT2D eigenvalue weighted by Crippen LogP contribution is 2.20. The molecule has 0 aliphatic carbocycles. The van der Waals surface area contributed by atoms with Gasteiger partial charge in [0, 0.05) is 5.56 Å². The van der Waals surface area contributed by atoms with Gasteiger partial charge in [0.05, 0.1) is 0 Å². The summed E-state index contributed by atoms with van der Waals surface area (Å²) in [6.45, 7) is 7.68. The van der Waals surface area contributed by atoms with Gasteiger partial charge in [-0.05, 0) is 37.1 Å². The molecule has 2 heteroatoms. The third-order valence-corrected chi connectivity index (χ3v) is 1.80. The summed E-state index contributed by atoms with van der Waals surface area (Å²) in [5.41, 5.74) is 2.29. The van der Waals surface area contributed by atoms with Crippen molar-refractivity contribution in [2.24, 2.45) is 0 Å². The van der Waals surface area contributed by atoms with Crippen LogP contribution in [0.2, 0.25) is 0 Å². The van der Waals surface area contributed by atoms with Gasteiger partial charge in [-0.1, -0.05) is 13.8 Å². The molecule has 0 unspecified atom stereocenters.